The predicted octanol–water partition coefficient (Wildman–Crippen LogP) is 9.30. The number of allylic oxidation sites excluding steroid dienone is 2. The predicted molar refractivity (Wildman–Crippen MR) is 157 cm³/mol. The first-order valence-electron chi connectivity index (χ1n) is 12.7. The number of anilines is 2. The molecule has 5 aromatic carbocycles. The fourth-order valence-electron chi connectivity index (χ4n) is 5.85. The van der Waals surface area contributed by atoms with Crippen molar-refractivity contribution < 1.29 is 0 Å². The first-order chi connectivity index (χ1) is 18.2. The molecule has 37 heavy (non-hydrogen) atoms. The van der Waals surface area contributed by atoms with E-state index in [2.05, 4.69) is 146 Å². The molecule has 0 spiro atoms. The fraction of sp³-hybridized carbons (Fsp3) is 0.0556. The molecule has 0 fully saturated rings. The van der Waals surface area contributed by atoms with Gasteiger partial charge in [-0.1, -0.05) is 128 Å². The number of aryl methyl sites for hydroxylation is 1. The van der Waals surface area contributed by atoms with E-state index in [0.717, 1.165) is 11.4 Å². The van der Waals surface area contributed by atoms with Gasteiger partial charge in [-0.3, -0.25) is 0 Å². The molecule has 0 aliphatic heterocycles. The molecule has 0 saturated heterocycles. The van der Waals surface area contributed by atoms with Gasteiger partial charge in [0.2, 0.25) is 0 Å². The van der Waals surface area contributed by atoms with Crippen LogP contribution >= 0.6 is 0 Å². The molecule has 1 heteroatoms. The van der Waals surface area contributed by atoms with Crippen LogP contribution < -0.4 is 5.32 Å². The van der Waals surface area contributed by atoms with Crippen molar-refractivity contribution >= 4 is 17.5 Å². The molecular weight excluding hydrogens is 446 g/mol. The first-order valence-corrected chi connectivity index (χ1v) is 12.7. The van der Waals surface area contributed by atoms with Crippen molar-refractivity contribution in [2.45, 2.75) is 12.3 Å². The smallest absolute Gasteiger partial charge is 0.0714 e. The zero-order chi connectivity index (χ0) is 25.2. The maximum Gasteiger partial charge on any atom is 0.0714 e. The molecule has 6 rings (SSSR count). The van der Waals surface area contributed by atoms with Gasteiger partial charge >= 0.3 is 0 Å². The molecule has 0 heterocycles. The van der Waals surface area contributed by atoms with Crippen LogP contribution in [0.15, 0.2) is 140 Å². The third-order valence-corrected chi connectivity index (χ3v) is 7.46. The highest BCUT2D eigenvalue weighted by molar-refractivity contribution is 5.88. The molecule has 0 aromatic heterocycles. The van der Waals surface area contributed by atoms with Crippen molar-refractivity contribution in [2.75, 3.05) is 5.32 Å². The van der Waals surface area contributed by atoms with Gasteiger partial charge in [-0.05, 0) is 64.1 Å². The lowest BCUT2D eigenvalue weighted by atomic mass is 9.67. The Morgan fingerprint density at radius 1 is 0.649 bits per heavy atom. The Bertz CT molecular complexity index is 1570. The van der Waals surface area contributed by atoms with E-state index < -0.39 is 5.41 Å². The second kappa shape index (κ2) is 9.44. The van der Waals surface area contributed by atoms with E-state index in [9.17, 15) is 0 Å². The molecule has 1 aliphatic carbocycles. The van der Waals surface area contributed by atoms with Crippen LogP contribution in [0.25, 0.3) is 17.2 Å². The lowest BCUT2D eigenvalue weighted by Crippen LogP contribution is -2.28. The third-order valence-electron chi connectivity index (χ3n) is 7.46. The van der Waals surface area contributed by atoms with Crippen LogP contribution in [0, 0.1) is 6.92 Å². The van der Waals surface area contributed by atoms with E-state index in [4.69, 9.17) is 0 Å². The van der Waals surface area contributed by atoms with Gasteiger partial charge in [0.05, 0.1) is 5.41 Å². The van der Waals surface area contributed by atoms with Crippen molar-refractivity contribution in [3.8, 4) is 11.1 Å². The van der Waals surface area contributed by atoms with Gasteiger partial charge in [-0.15, -0.1) is 0 Å². The van der Waals surface area contributed by atoms with Gasteiger partial charge in [0.25, 0.3) is 0 Å². The number of rotatable bonds is 6. The highest BCUT2D eigenvalue weighted by Gasteiger charge is 2.45. The number of hydrogen-bond donors (Lipinski definition) is 1. The van der Waals surface area contributed by atoms with Crippen LogP contribution in [-0.4, -0.2) is 0 Å². The number of fused-ring (bicyclic) bond motifs is 3. The monoisotopic (exact) mass is 475 g/mol. The van der Waals surface area contributed by atoms with E-state index in [1.807, 2.05) is 12.2 Å². The minimum Gasteiger partial charge on any atom is -0.355 e. The molecule has 0 amide bonds. The summed E-state index contributed by atoms with van der Waals surface area (Å²) in [7, 11) is 0. The van der Waals surface area contributed by atoms with Gasteiger partial charge in [0.15, 0.2) is 0 Å². The average Bonchev–Trinajstić information content (AvgIpc) is 3.24. The molecule has 0 saturated carbocycles. The molecule has 1 aliphatic rings. The summed E-state index contributed by atoms with van der Waals surface area (Å²) in [5.74, 6) is 0. The maximum absolute atomic E-state index is 3.84. The number of benzene rings is 5. The van der Waals surface area contributed by atoms with Gasteiger partial charge in [-0.2, -0.15) is 0 Å². The molecule has 178 valence electrons. The lowest BCUT2D eigenvalue weighted by Gasteiger charge is -2.34. The van der Waals surface area contributed by atoms with E-state index in [0.29, 0.717) is 0 Å². The largest absolute Gasteiger partial charge is 0.355 e. The Balaban J connectivity index is 1.59. The Morgan fingerprint density at radius 3 is 2.00 bits per heavy atom. The molecule has 1 N–H and O–H groups in total. The summed E-state index contributed by atoms with van der Waals surface area (Å²) in [4.78, 5) is 0. The second-order valence-electron chi connectivity index (χ2n) is 9.54. The Kier molecular flexibility index (Phi) is 5.82. The van der Waals surface area contributed by atoms with Crippen LogP contribution in [0.5, 0.6) is 0 Å². The topological polar surface area (TPSA) is 12.0 Å². The summed E-state index contributed by atoms with van der Waals surface area (Å²) in [5, 5.41) is 3.73. The van der Waals surface area contributed by atoms with E-state index >= 15 is 0 Å². The van der Waals surface area contributed by atoms with Gasteiger partial charge in [0, 0.05) is 16.9 Å². The summed E-state index contributed by atoms with van der Waals surface area (Å²) in [6.07, 6.45) is 5.92. The van der Waals surface area contributed by atoms with Gasteiger partial charge in [0.1, 0.15) is 0 Å². The number of nitrogens with one attached hydrogen (secondary N) is 1. The average molecular weight is 476 g/mol. The molecule has 0 bridgehead atoms. The zero-order valence-corrected chi connectivity index (χ0v) is 21.0. The second-order valence-corrected chi connectivity index (χ2v) is 9.54. The van der Waals surface area contributed by atoms with E-state index in [-0.39, 0.29) is 0 Å². The SMILES string of the molecule is C=C/C=C\c1c(C)cccc1Nc1ccc2c(c1)C(c1ccccc1)(c1ccccc1)c1ccccc1-2. The fourth-order valence-corrected chi connectivity index (χ4v) is 5.85. The minimum absolute atomic E-state index is 0.398. The van der Waals surface area contributed by atoms with E-state index in [1.165, 1.54) is 44.5 Å². The number of hydrogen-bond acceptors (Lipinski definition) is 1. The van der Waals surface area contributed by atoms with Crippen molar-refractivity contribution in [2.24, 2.45) is 0 Å². The summed E-state index contributed by atoms with van der Waals surface area (Å²) in [6.45, 7) is 5.99. The van der Waals surface area contributed by atoms with Crippen LogP contribution in [-0.2, 0) is 5.41 Å². The lowest BCUT2D eigenvalue weighted by molar-refractivity contribution is 0.769. The van der Waals surface area contributed by atoms with Crippen molar-refractivity contribution in [1.82, 2.24) is 0 Å². The third kappa shape index (κ3) is 3.72. The normalized spacial score (nSPS) is 13.2. The highest BCUT2D eigenvalue weighted by Crippen LogP contribution is 2.56. The minimum atomic E-state index is -0.398. The molecule has 1 nitrogen and oxygen atoms in total. The molecule has 0 unspecified atom stereocenters. The van der Waals surface area contributed by atoms with Crippen LogP contribution in [0.4, 0.5) is 11.4 Å². The molecule has 0 radical (unpaired) electrons. The van der Waals surface area contributed by atoms with Crippen molar-refractivity contribution in [3.05, 3.63) is 173 Å². The molecule has 0 atom stereocenters. The Hall–Kier alpha value is -4.62. The maximum atomic E-state index is 3.84. The summed E-state index contributed by atoms with van der Waals surface area (Å²) < 4.78 is 0. The first kappa shape index (κ1) is 22.8. The standard InChI is InChI=1S/C36H29N/c1-3-4-19-30-26(2)14-13-22-35(30)37-29-23-24-32-31-20-11-12-21-33(31)36(34(32)25-29,27-15-7-5-8-16-27)28-17-9-6-10-18-28/h3-25,37H,1H2,2H3/b19-4-. The summed E-state index contributed by atoms with van der Waals surface area (Å²) in [5.41, 5.74) is 11.9. The molecular formula is C36H29N. The van der Waals surface area contributed by atoms with Gasteiger partial charge < -0.3 is 5.32 Å². The van der Waals surface area contributed by atoms with Crippen LogP contribution in [0.1, 0.15) is 33.4 Å². The van der Waals surface area contributed by atoms with E-state index in [1.54, 1.807) is 0 Å². The zero-order valence-electron chi connectivity index (χ0n) is 21.0. The van der Waals surface area contributed by atoms with Crippen LogP contribution in [0.3, 0.4) is 0 Å². The summed E-state index contributed by atoms with van der Waals surface area (Å²) >= 11 is 0. The summed E-state index contributed by atoms with van der Waals surface area (Å²) in [6, 6.07) is 43.9. The molecule has 5 aromatic rings. The quantitative estimate of drug-likeness (QED) is 0.237. The van der Waals surface area contributed by atoms with Gasteiger partial charge in [-0.25, -0.2) is 0 Å². The van der Waals surface area contributed by atoms with Crippen molar-refractivity contribution in [1.29, 1.82) is 0 Å². The van der Waals surface area contributed by atoms with Crippen LogP contribution in [0.2, 0.25) is 0 Å². The Morgan fingerprint density at radius 2 is 1.30 bits per heavy atom. The van der Waals surface area contributed by atoms with Crippen molar-refractivity contribution in [3.63, 3.8) is 0 Å². The Labute approximate surface area is 219 Å². The highest BCUT2D eigenvalue weighted by atomic mass is 14.9.